The molecule has 3 aromatic rings. The maximum atomic E-state index is 11.7. The van der Waals surface area contributed by atoms with Gasteiger partial charge in [-0.3, -0.25) is 9.88 Å². The van der Waals surface area contributed by atoms with Crippen LogP contribution in [0.3, 0.4) is 0 Å². The molecule has 8 heteroatoms. The average Bonchev–Trinajstić information content (AvgIpc) is 2.99. The molecule has 0 radical (unpaired) electrons. The third-order valence-corrected chi connectivity index (χ3v) is 14.3. The van der Waals surface area contributed by atoms with Crippen molar-refractivity contribution in [3.05, 3.63) is 65.9 Å². The largest absolute Gasteiger partial charge is 0.497 e. The van der Waals surface area contributed by atoms with Crippen molar-refractivity contribution in [2.45, 2.75) is 70.3 Å². The van der Waals surface area contributed by atoms with Crippen LogP contribution in [0, 0.1) is 11.8 Å². The Morgan fingerprint density at radius 3 is 2.45 bits per heavy atom. The molecule has 1 aromatic heterocycles. The number of carbonyl (C=O) groups excluding carboxylic acids is 1. The fourth-order valence-electron chi connectivity index (χ4n) is 6.32. The van der Waals surface area contributed by atoms with Crippen LogP contribution in [0.15, 0.2) is 54.7 Å². The second-order valence-electron chi connectivity index (χ2n) is 13.3. The first kappa shape index (κ1) is 30.5. The number of aromatic nitrogens is 1. The van der Waals surface area contributed by atoms with Crippen LogP contribution in [-0.4, -0.2) is 64.1 Å². The molecular weight excluding hydrogens is 544 g/mol. The van der Waals surface area contributed by atoms with Crippen LogP contribution in [0.4, 0.5) is 0 Å². The van der Waals surface area contributed by atoms with Gasteiger partial charge in [0.1, 0.15) is 11.5 Å². The summed E-state index contributed by atoms with van der Waals surface area (Å²) in [5.41, 5.74) is 2.72. The quantitative estimate of drug-likeness (QED) is 0.182. The minimum atomic E-state index is -2.09. The zero-order valence-corrected chi connectivity index (χ0v) is 27.2. The van der Waals surface area contributed by atoms with E-state index in [-0.39, 0.29) is 17.1 Å². The summed E-state index contributed by atoms with van der Waals surface area (Å²) < 4.78 is 23.8. The number of fused-ring (bicyclic) bond motifs is 4. The van der Waals surface area contributed by atoms with Crippen molar-refractivity contribution in [1.82, 2.24) is 9.88 Å². The third-order valence-electron chi connectivity index (χ3n) is 9.84. The van der Waals surface area contributed by atoms with Crippen molar-refractivity contribution in [2.75, 3.05) is 33.9 Å². The number of hydrogen-bond donors (Lipinski definition) is 0. The SMILES string of the molecule is COC(=O)c1ccc(OCC[C@H]2CN3CC[C@H]2C[C@@H]3[C@@H](O[Si](C)(C)C(C)(C)C)c2ccnc3ccc(OC)cc23)cc1. The zero-order chi connectivity index (χ0) is 30.1. The fraction of sp³-hybridized carbons (Fsp3) is 0.529. The molecule has 0 amide bonds. The van der Waals surface area contributed by atoms with Crippen LogP contribution in [0.2, 0.25) is 18.1 Å². The van der Waals surface area contributed by atoms with E-state index in [1.54, 1.807) is 19.2 Å². The van der Waals surface area contributed by atoms with Crippen LogP contribution >= 0.6 is 0 Å². The summed E-state index contributed by atoms with van der Waals surface area (Å²) in [6.45, 7) is 14.5. The average molecular weight is 591 g/mol. The number of piperidine rings is 3. The van der Waals surface area contributed by atoms with E-state index in [4.69, 9.17) is 18.6 Å². The number of esters is 1. The van der Waals surface area contributed by atoms with E-state index < -0.39 is 8.32 Å². The summed E-state index contributed by atoms with van der Waals surface area (Å²) >= 11 is 0. The van der Waals surface area contributed by atoms with E-state index in [0.29, 0.717) is 30.0 Å². The molecule has 0 spiro atoms. The lowest BCUT2D eigenvalue weighted by Gasteiger charge is -2.53. The van der Waals surface area contributed by atoms with Gasteiger partial charge in [-0.15, -0.1) is 0 Å². The molecule has 5 atom stereocenters. The predicted octanol–water partition coefficient (Wildman–Crippen LogP) is 7.27. The van der Waals surface area contributed by atoms with Crippen LogP contribution < -0.4 is 9.47 Å². The van der Waals surface area contributed by atoms with Crippen molar-refractivity contribution in [2.24, 2.45) is 11.8 Å². The molecule has 2 aromatic carbocycles. The van der Waals surface area contributed by atoms with Gasteiger partial charge in [0.15, 0.2) is 8.32 Å². The molecule has 3 aliphatic heterocycles. The number of ether oxygens (including phenoxy) is 3. The molecule has 42 heavy (non-hydrogen) atoms. The number of rotatable bonds is 10. The lowest BCUT2D eigenvalue weighted by molar-refractivity contribution is -0.0553. The van der Waals surface area contributed by atoms with E-state index in [2.05, 4.69) is 55.9 Å². The molecule has 3 saturated heterocycles. The molecule has 4 heterocycles. The molecule has 1 unspecified atom stereocenters. The molecule has 3 fully saturated rings. The van der Waals surface area contributed by atoms with Gasteiger partial charge in [0.05, 0.1) is 38.0 Å². The maximum absolute atomic E-state index is 11.7. The summed E-state index contributed by atoms with van der Waals surface area (Å²) in [4.78, 5) is 19.1. The number of carbonyl (C=O) groups is 1. The first-order chi connectivity index (χ1) is 20.0. The van der Waals surface area contributed by atoms with E-state index >= 15 is 0 Å². The summed E-state index contributed by atoms with van der Waals surface area (Å²) in [5, 5.41) is 1.22. The summed E-state index contributed by atoms with van der Waals surface area (Å²) in [5.74, 6) is 2.52. The first-order valence-electron chi connectivity index (χ1n) is 15.2. The second-order valence-corrected chi connectivity index (χ2v) is 18.1. The molecule has 2 bridgehead atoms. The van der Waals surface area contributed by atoms with Crippen molar-refractivity contribution >= 4 is 25.2 Å². The van der Waals surface area contributed by atoms with Crippen molar-refractivity contribution in [3.63, 3.8) is 0 Å². The van der Waals surface area contributed by atoms with Crippen molar-refractivity contribution < 1.29 is 23.4 Å². The highest BCUT2D eigenvalue weighted by Gasteiger charge is 2.47. The number of pyridine rings is 1. The fourth-order valence-corrected chi connectivity index (χ4v) is 7.59. The van der Waals surface area contributed by atoms with Crippen LogP contribution in [-0.2, 0) is 9.16 Å². The first-order valence-corrected chi connectivity index (χ1v) is 18.1. The van der Waals surface area contributed by atoms with Gasteiger partial charge in [-0.25, -0.2) is 4.79 Å². The molecular formula is C34H46N2O5Si. The van der Waals surface area contributed by atoms with E-state index in [0.717, 1.165) is 48.3 Å². The van der Waals surface area contributed by atoms with Gasteiger partial charge in [-0.2, -0.15) is 0 Å². The van der Waals surface area contributed by atoms with Gasteiger partial charge in [-0.05, 0) is 110 Å². The van der Waals surface area contributed by atoms with Gasteiger partial charge in [0.2, 0.25) is 0 Å². The number of benzene rings is 2. The second kappa shape index (κ2) is 12.3. The summed E-state index contributed by atoms with van der Waals surface area (Å²) in [6, 6.07) is 15.8. The normalized spacial score (nSPS) is 23.0. The Hall–Kier alpha value is -2.94. The monoisotopic (exact) mass is 590 g/mol. The van der Waals surface area contributed by atoms with Gasteiger partial charge in [0.25, 0.3) is 0 Å². The van der Waals surface area contributed by atoms with E-state index in [9.17, 15) is 4.79 Å². The minimum Gasteiger partial charge on any atom is -0.497 e. The Labute approximate surface area is 251 Å². The topological polar surface area (TPSA) is 70.1 Å². The highest BCUT2D eigenvalue weighted by atomic mass is 28.4. The molecule has 0 N–H and O–H groups in total. The van der Waals surface area contributed by atoms with Gasteiger partial charge in [0, 0.05) is 24.2 Å². The Bertz CT molecular complexity index is 1390. The lowest BCUT2D eigenvalue weighted by atomic mass is 9.72. The van der Waals surface area contributed by atoms with Crippen molar-refractivity contribution in [1.29, 1.82) is 0 Å². The highest BCUT2D eigenvalue weighted by Crippen LogP contribution is 2.48. The zero-order valence-electron chi connectivity index (χ0n) is 26.2. The molecule has 226 valence electrons. The Morgan fingerprint density at radius 2 is 1.81 bits per heavy atom. The predicted molar refractivity (Wildman–Crippen MR) is 169 cm³/mol. The maximum Gasteiger partial charge on any atom is 0.337 e. The van der Waals surface area contributed by atoms with Crippen LogP contribution in [0.1, 0.15) is 62.1 Å². The van der Waals surface area contributed by atoms with Gasteiger partial charge in [-0.1, -0.05) is 20.8 Å². The smallest absolute Gasteiger partial charge is 0.337 e. The summed E-state index contributed by atoms with van der Waals surface area (Å²) in [7, 11) is 1.02. The summed E-state index contributed by atoms with van der Waals surface area (Å²) in [6.07, 6.45) is 5.24. The third kappa shape index (κ3) is 6.36. The standard InChI is InChI=1S/C34H46N2O5Si/c1-34(2,3)42(6,7)41-32(28-14-17-35-30-13-12-27(38-4)21-29(28)30)31-20-24-15-18-36(31)22-25(24)16-19-40-26-10-8-23(9-11-26)33(37)39-5/h8-14,17,21,24-25,31-32H,15-16,18-20,22H2,1-7H3/t24-,25-,31+,32-/m0/s1. The molecule has 6 rings (SSSR count). The van der Waals surface area contributed by atoms with Gasteiger partial charge >= 0.3 is 5.97 Å². The number of hydrogen-bond acceptors (Lipinski definition) is 7. The minimum absolute atomic E-state index is 0.0307. The Balaban J connectivity index is 1.34. The molecule has 7 nitrogen and oxygen atoms in total. The molecule has 3 aliphatic rings. The van der Waals surface area contributed by atoms with Crippen molar-refractivity contribution in [3.8, 4) is 11.5 Å². The number of methoxy groups -OCH3 is 2. The van der Waals surface area contributed by atoms with Crippen LogP contribution in [0.5, 0.6) is 11.5 Å². The number of nitrogens with zero attached hydrogens (tertiary/aromatic N) is 2. The van der Waals surface area contributed by atoms with Crippen LogP contribution in [0.25, 0.3) is 10.9 Å². The van der Waals surface area contributed by atoms with E-state index in [1.807, 2.05) is 30.5 Å². The van der Waals surface area contributed by atoms with E-state index in [1.165, 1.54) is 19.1 Å². The highest BCUT2D eigenvalue weighted by molar-refractivity contribution is 6.74. The molecule has 0 aliphatic carbocycles. The van der Waals surface area contributed by atoms with Gasteiger partial charge < -0.3 is 18.6 Å². The Kier molecular flexibility index (Phi) is 8.97. The Morgan fingerprint density at radius 1 is 1.07 bits per heavy atom. The lowest BCUT2D eigenvalue weighted by Crippen LogP contribution is -2.57. The molecule has 0 saturated carbocycles.